The van der Waals surface area contributed by atoms with E-state index in [1.54, 1.807) is 0 Å². The van der Waals surface area contributed by atoms with Crippen LogP contribution < -0.4 is 0 Å². The molecular formula is C70H47N3. The van der Waals surface area contributed by atoms with Gasteiger partial charge in [-0.15, -0.1) is 0 Å². The Morgan fingerprint density at radius 3 is 0.863 bits per heavy atom. The zero-order valence-corrected chi connectivity index (χ0v) is 40.0. The van der Waals surface area contributed by atoms with E-state index in [1.165, 1.54) is 44.2 Å². The van der Waals surface area contributed by atoms with Crippen LogP contribution in [0.5, 0.6) is 0 Å². The molecule has 2 aromatic heterocycles. The van der Waals surface area contributed by atoms with Crippen molar-refractivity contribution in [2.45, 2.75) is 0 Å². The third kappa shape index (κ3) is 8.39. The summed E-state index contributed by atoms with van der Waals surface area (Å²) < 4.78 is 2.51. The van der Waals surface area contributed by atoms with Crippen LogP contribution in [-0.4, -0.2) is 14.5 Å². The minimum Gasteiger partial charge on any atom is -0.308 e. The maximum Gasteiger partial charge on any atom is 0.160 e. The van der Waals surface area contributed by atoms with Gasteiger partial charge in [0.05, 0.1) is 28.1 Å². The van der Waals surface area contributed by atoms with Crippen LogP contribution >= 0.6 is 0 Å². The lowest BCUT2D eigenvalue weighted by Crippen LogP contribution is -2.03. The lowest BCUT2D eigenvalue weighted by molar-refractivity contribution is 1.17. The fourth-order valence-electron chi connectivity index (χ4n) is 10.4. The van der Waals surface area contributed by atoms with E-state index in [1.807, 2.05) is 12.1 Å². The Balaban J connectivity index is 1.13. The minimum absolute atomic E-state index is 0.651. The summed E-state index contributed by atoms with van der Waals surface area (Å²) in [5.74, 6) is 0.651. The average Bonchev–Trinajstić information content (AvgIpc) is 3.81. The number of fused-ring (bicyclic) bond motifs is 3. The molecule has 13 aromatic rings. The molecule has 0 atom stereocenters. The summed E-state index contributed by atoms with van der Waals surface area (Å²) in [4.78, 5) is 10.9. The zero-order valence-electron chi connectivity index (χ0n) is 40.0. The highest BCUT2D eigenvalue weighted by Crippen LogP contribution is 2.46. The van der Waals surface area contributed by atoms with Crippen molar-refractivity contribution in [3.63, 3.8) is 0 Å². The van der Waals surface area contributed by atoms with Gasteiger partial charge >= 0.3 is 0 Å². The van der Waals surface area contributed by atoms with Crippen LogP contribution in [0.2, 0.25) is 0 Å². The fraction of sp³-hybridized carbons (Fsp3) is 0. The van der Waals surface area contributed by atoms with Crippen molar-refractivity contribution >= 4 is 21.8 Å². The molecule has 0 radical (unpaired) electrons. The average molecular weight is 930 g/mol. The van der Waals surface area contributed by atoms with Crippen LogP contribution in [0.3, 0.4) is 0 Å². The summed E-state index contributed by atoms with van der Waals surface area (Å²) in [6, 6.07) is 102. The van der Waals surface area contributed by atoms with E-state index >= 15 is 0 Å². The van der Waals surface area contributed by atoms with Crippen molar-refractivity contribution in [3.8, 4) is 106 Å². The molecule has 0 N–H and O–H groups in total. The predicted octanol–water partition coefficient (Wildman–Crippen LogP) is 18.6. The van der Waals surface area contributed by atoms with Gasteiger partial charge in [-0.25, -0.2) is 9.97 Å². The third-order valence-corrected chi connectivity index (χ3v) is 14.0. The molecule has 0 aliphatic rings. The normalized spacial score (nSPS) is 11.3. The summed E-state index contributed by atoms with van der Waals surface area (Å²) >= 11 is 0. The quantitative estimate of drug-likeness (QED) is 0.137. The van der Waals surface area contributed by atoms with E-state index in [9.17, 15) is 0 Å². The SMILES string of the molecule is c1ccc(-c2ccc(-c3cc(-c4nc(-c5ccccc5)cc(-c5ccccc5)n4)cc(-c4ccc(-c5ccccc5)cc4)c3-n3c4ccc(-c5ccccc5)cc4c4cc(-c5ccccc5)ccc43)cc2)cc1. The van der Waals surface area contributed by atoms with Crippen molar-refractivity contribution < 1.29 is 0 Å². The molecule has 0 spiro atoms. The molecule has 0 bridgehead atoms. The Hall–Kier alpha value is -9.70. The molecule has 3 nitrogen and oxygen atoms in total. The van der Waals surface area contributed by atoms with Crippen molar-refractivity contribution in [2.75, 3.05) is 0 Å². The van der Waals surface area contributed by atoms with Gasteiger partial charge in [-0.3, -0.25) is 0 Å². The summed E-state index contributed by atoms with van der Waals surface area (Å²) in [6.45, 7) is 0. The van der Waals surface area contributed by atoms with Crippen molar-refractivity contribution in [3.05, 3.63) is 285 Å². The lowest BCUT2D eigenvalue weighted by atomic mass is 9.91. The molecule has 0 saturated heterocycles. The first-order valence-electron chi connectivity index (χ1n) is 24.9. The summed E-state index contributed by atoms with van der Waals surface area (Å²) in [7, 11) is 0. The second kappa shape index (κ2) is 18.9. The Morgan fingerprint density at radius 2 is 0.507 bits per heavy atom. The van der Waals surface area contributed by atoms with E-state index in [4.69, 9.17) is 9.97 Å². The van der Waals surface area contributed by atoms with Crippen LogP contribution in [0.15, 0.2) is 285 Å². The molecule has 11 aromatic carbocycles. The number of rotatable bonds is 10. The summed E-state index contributed by atoms with van der Waals surface area (Å²) in [5, 5.41) is 2.36. The van der Waals surface area contributed by atoms with E-state index in [0.29, 0.717) is 5.82 Å². The summed E-state index contributed by atoms with van der Waals surface area (Å²) in [6.07, 6.45) is 0. The van der Waals surface area contributed by atoms with Gasteiger partial charge in [0, 0.05) is 38.6 Å². The van der Waals surface area contributed by atoms with Gasteiger partial charge in [0.15, 0.2) is 5.82 Å². The first-order valence-corrected chi connectivity index (χ1v) is 24.9. The van der Waals surface area contributed by atoms with Crippen LogP contribution in [0.1, 0.15) is 0 Å². The first kappa shape index (κ1) is 43.3. The van der Waals surface area contributed by atoms with E-state index in [2.05, 4.69) is 278 Å². The maximum absolute atomic E-state index is 5.43. The molecule has 342 valence electrons. The topological polar surface area (TPSA) is 30.7 Å². The molecule has 0 unspecified atom stereocenters. The lowest BCUT2D eigenvalue weighted by Gasteiger charge is -2.22. The number of hydrogen-bond acceptors (Lipinski definition) is 2. The standard InChI is InChI=1S/C70H47N3/c1-7-19-48(20-8-1)52-31-35-54(36-32-52)61-45-60(70-71-65(56-27-15-5-16-28-56)47-66(72-70)57-29-17-6-18-30-57)46-62(55-37-33-53(34-38-55)49-21-9-2-10-22-49)69(61)73-67-41-39-58(50-23-11-3-12-24-50)43-63(67)64-44-59(40-42-68(64)73)51-25-13-4-14-26-51/h1-47H. The third-order valence-electron chi connectivity index (χ3n) is 14.0. The van der Waals surface area contributed by atoms with Gasteiger partial charge < -0.3 is 4.57 Å². The van der Waals surface area contributed by atoms with Crippen LogP contribution in [-0.2, 0) is 0 Å². The maximum atomic E-state index is 5.43. The molecule has 0 saturated carbocycles. The van der Waals surface area contributed by atoms with Gasteiger partial charge in [0.2, 0.25) is 0 Å². The van der Waals surface area contributed by atoms with Crippen molar-refractivity contribution in [2.24, 2.45) is 0 Å². The predicted molar refractivity (Wildman–Crippen MR) is 305 cm³/mol. The first-order chi connectivity index (χ1) is 36.2. The van der Waals surface area contributed by atoms with Gasteiger partial charge in [-0.05, 0) is 98.1 Å². The van der Waals surface area contributed by atoms with Gasteiger partial charge in [-0.2, -0.15) is 0 Å². The highest BCUT2D eigenvalue weighted by molar-refractivity contribution is 6.13. The Bertz CT molecular complexity index is 3800. The number of nitrogens with zero attached hydrogens (tertiary/aromatic N) is 3. The summed E-state index contributed by atoms with van der Waals surface area (Å²) in [5.41, 5.74) is 21.7. The largest absolute Gasteiger partial charge is 0.308 e. The number of aromatic nitrogens is 3. The van der Waals surface area contributed by atoms with E-state index in [-0.39, 0.29) is 0 Å². The van der Waals surface area contributed by atoms with Crippen LogP contribution in [0, 0.1) is 0 Å². The number of hydrogen-bond donors (Lipinski definition) is 0. The molecule has 73 heavy (non-hydrogen) atoms. The highest BCUT2D eigenvalue weighted by Gasteiger charge is 2.24. The highest BCUT2D eigenvalue weighted by atomic mass is 15.0. The molecule has 3 heteroatoms. The molecule has 0 fully saturated rings. The zero-order chi connectivity index (χ0) is 48.5. The molecule has 2 heterocycles. The molecule has 13 rings (SSSR count). The van der Waals surface area contributed by atoms with Crippen molar-refractivity contribution in [1.82, 2.24) is 14.5 Å². The number of benzene rings is 11. The second-order valence-electron chi connectivity index (χ2n) is 18.5. The molecule has 0 aliphatic heterocycles. The Kier molecular flexibility index (Phi) is 11.2. The van der Waals surface area contributed by atoms with Crippen LogP contribution in [0.4, 0.5) is 0 Å². The van der Waals surface area contributed by atoms with E-state index < -0.39 is 0 Å². The smallest absolute Gasteiger partial charge is 0.160 e. The van der Waals surface area contributed by atoms with E-state index in [0.717, 1.165) is 78.2 Å². The fourth-order valence-corrected chi connectivity index (χ4v) is 10.4. The molecule has 0 amide bonds. The minimum atomic E-state index is 0.651. The molecule has 0 aliphatic carbocycles. The van der Waals surface area contributed by atoms with Crippen LogP contribution in [0.25, 0.3) is 128 Å². The Labute approximate surface area is 425 Å². The molecular weight excluding hydrogens is 883 g/mol. The van der Waals surface area contributed by atoms with Gasteiger partial charge in [-0.1, -0.05) is 243 Å². The van der Waals surface area contributed by atoms with Gasteiger partial charge in [0.25, 0.3) is 0 Å². The Morgan fingerprint density at radius 1 is 0.219 bits per heavy atom. The second-order valence-corrected chi connectivity index (χ2v) is 18.5. The monoisotopic (exact) mass is 929 g/mol. The van der Waals surface area contributed by atoms with Gasteiger partial charge in [0.1, 0.15) is 0 Å². The van der Waals surface area contributed by atoms with Crippen molar-refractivity contribution in [1.29, 1.82) is 0 Å².